The quantitative estimate of drug-likeness (QED) is 0.528. The molecule has 2 N–H and O–H groups in total. The van der Waals surface area contributed by atoms with Crippen LogP contribution >= 0.6 is 0 Å². The monoisotopic (exact) mass is 423 g/mol. The zero-order valence-corrected chi connectivity index (χ0v) is 17.9. The molecule has 2 rings (SSSR count). The standard InChI is InChI=1S/C21H27F2N3O2S/c1-5-24-21(25-12-15(3)18-8-7-17(22)11-19(18)23)26-13-16-6-9-20(14(2)10-16)29(4,27)28/h6-11,15H,5,12-13H2,1-4H3,(H2,24,25,26). The van der Waals surface area contributed by atoms with E-state index in [1.165, 1.54) is 18.4 Å². The predicted molar refractivity (Wildman–Crippen MR) is 112 cm³/mol. The number of hydrogen-bond donors (Lipinski definition) is 2. The van der Waals surface area contributed by atoms with E-state index >= 15 is 0 Å². The number of sulfone groups is 1. The summed E-state index contributed by atoms with van der Waals surface area (Å²) in [6.07, 6.45) is 1.19. The minimum absolute atomic E-state index is 0.184. The number of rotatable bonds is 7. The summed E-state index contributed by atoms with van der Waals surface area (Å²) in [6.45, 7) is 6.97. The molecule has 0 spiro atoms. The first kappa shape index (κ1) is 22.8. The van der Waals surface area contributed by atoms with Crippen molar-refractivity contribution in [1.82, 2.24) is 10.6 Å². The van der Waals surface area contributed by atoms with E-state index in [9.17, 15) is 17.2 Å². The molecule has 0 aliphatic rings. The smallest absolute Gasteiger partial charge is 0.191 e. The maximum atomic E-state index is 13.9. The Morgan fingerprint density at radius 1 is 1.14 bits per heavy atom. The highest BCUT2D eigenvalue weighted by atomic mass is 32.2. The lowest BCUT2D eigenvalue weighted by atomic mass is 10.0. The zero-order valence-electron chi connectivity index (χ0n) is 17.1. The fourth-order valence-electron chi connectivity index (χ4n) is 3.00. The third kappa shape index (κ3) is 6.52. The lowest BCUT2D eigenvalue weighted by molar-refractivity contribution is 0.556. The molecule has 0 aliphatic carbocycles. The van der Waals surface area contributed by atoms with Crippen molar-refractivity contribution < 1.29 is 17.2 Å². The Morgan fingerprint density at radius 2 is 1.86 bits per heavy atom. The van der Waals surface area contributed by atoms with E-state index in [-0.39, 0.29) is 5.92 Å². The molecule has 0 saturated heterocycles. The number of aliphatic imine (C=N–C) groups is 1. The first-order valence-corrected chi connectivity index (χ1v) is 11.3. The summed E-state index contributed by atoms with van der Waals surface area (Å²) in [5.41, 5.74) is 1.99. The van der Waals surface area contributed by atoms with E-state index in [4.69, 9.17) is 0 Å². The number of nitrogens with zero attached hydrogens (tertiary/aromatic N) is 1. The summed E-state index contributed by atoms with van der Waals surface area (Å²) >= 11 is 0. The number of benzene rings is 2. The van der Waals surface area contributed by atoms with E-state index in [0.717, 1.165) is 11.6 Å². The normalized spacial score (nSPS) is 13.2. The molecule has 29 heavy (non-hydrogen) atoms. The SMILES string of the molecule is CCNC(=NCc1ccc(S(C)(=O)=O)c(C)c1)NCC(C)c1ccc(F)cc1F. The van der Waals surface area contributed by atoms with Crippen LogP contribution in [-0.2, 0) is 16.4 Å². The van der Waals surface area contributed by atoms with Crippen LogP contribution in [0.25, 0.3) is 0 Å². The van der Waals surface area contributed by atoms with Crippen molar-refractivity contribution in [2.24, 2.45) is 4.99 Å². The topological polar surface area (TPSA) is 70.6 Å². The van der Waals surface area contributed by atoms with Gasteiger partial charge in [-0.25, -0.2) is 22.2 Å². The Morgan fingerprint density at radius 3 is 2.45 bits per heavy atom. The summed E-state index contributed by atoms with van der Waals surface area (Å²) in [4.78, 5) is 4.82. The van der Waals surface area contributed by atoms with Crippen LogP contribution in [0.5, 0.6) is 0 Å². The molecule has 0 saturated carbocycles. The highest BCUT2D eigenvalue weighted by Crippen LogP contribution is 2.19. The van der Waals surface area contributed by atoms with Crippen molar-refractivity contribution in [1.29, 1.82) is 0 Å². The average Bonchev–Trinajstić information content (AvgIpc) is 2.62. The van der Waals surface area contributed by atoms with Gasteiger partial charge in [-0.05, 0) is 42.7 Å². The summed E-state index contributed by atoms with van der Waals surface area (Å²) in [7, 11) is -3.26. The van der Waals surface area contributed by atoms with Gasteiger partial charge in [0.2, 0.25) is 0 Å². The molecular weight excluding hydrogens is 396 g/mol. The Bertz CT molecular complexity index is 991. The number of aryl methyl sites for hydroxylation is 1. The third-order valence-electron chi connectivity index (χ3n) is 4.47. The van der Waals surface area contributed by atoms with Gasteiger partial charge in [-0.1, -0.05) is 25.1 Å². The molecule has 0 fully saturated rings. The van der Waals surface area contributed by atoms with E-state index in [1.54, 1.807) is 25.1 Å². The Labute approximate surface area is 171 Å². The summed E-state index contributed by atoms with van der Waals surface area (Å²) in [5.74, 6) is -0.788. The lowest BCUT2D eigenvalue weighted by Crippen LogP contribution is -2.39. The molecule has 0 amide bonds. The number of guanidine groups is 1. The second kappa shape index (κ2) is 9.82. The second-order valence-corrected chi connectivity index (χ2v) is 9.00. The van der Waals surface area contributed by atoms with Crippen molar-refractivity contribution >= 4 is 15.8 Å². The number of nitrogens with one attached hydrogen (secondary N) is 2. The number of hydrogen-bond acceptors (Lipinski definition) is 3. The summed E-state index contributed by atoms with van der Waals surface area (Å²) in [5, 5.41) is 6.29. The lowest BCUT2D eigenvalue weighted by Gasteiger charge is -2.17. The van der Waals surface area contributed by atoms with Gasteiger partial charge in [-0.2, -0.15) is 0 Å². The van der Waals surface area contributed by atoms with E-state index in [2.05, 4.69) is 15.6 Å². The van der Waals surface area contributed by atoms with Crippen molar-refractivity contribution in [2.45, 2.75) is 38.1 Å². The maximum Gasteiger partial charge on any atom is 0.191 e. The van der Waals surface area contributed by atoms with E-state index in [0.29, 0.717) is 41.6 Å². The van der Waals surface area contributed by atoms with Crippen molar-refractivity contribution in [3.8, 4) is 0 Å². The highest BCUT2D eigenvalue weighted by molar-refractivity contribution is 7.90. The molecule has 5 nitrogen and oxygen atoms in total. The van der Waals surface area contributed by atoms with Crippen LogP contribution in [0.4, 0.5) is 8.78 Å². The largest absolute Gasteiger partial charge is 0.357 e. The van der Waals surface area contributed by atoms with Crippen LogP contribution in [-0.4, -0.2) is 33.7 Å². The molecule has 0 heterocycles. The highest BCUT2D eigenvalue weighted by Gasteiger charge is 2.13. The van der Waals surface area contributed by atoms with Crippen molar-refractivity contribution in [3.05, 3.63) is 64.7 Å². The average molecular weight is 424 g/mol. The van der Waals surface area contributed by atoms with Gasteiger partial charge >= 0.3 is 0 Å². The first-order chi connectivity index (χ1) is 13.6. The molecule has 0 bridgehead atoms. The molecule has 1 atom stereocenters. The van der Waals surface area contributed by atoms with Crippen molar-refractivity contribution in [3.63, 3.8) is 0 Å². The Kier molecular flexibility index (Phi) is 7.73. The third-order valence-corrected chi connectivity index (χ3v) is 5.73. The van der Waals surface area contributed by atoms with Gasteiger partial charge in [0.15, 0.2) is 15.8 Å². The fraction of sp³-hybridized carbons (Fsp3) is 0.381. The molecule has 1 unspecified atom stereocenters. The van der Waals surface area contributed by atoms with E-state index < -0.39 is 21.5 Å². The van der Waals surface area contributed by atoms with Gasteiger partial charge in [-0.15, -0.1) is 0 Å². The predicted octanol–water partition coefficient (Wildman–Crippen LogP) is 3.54. The molecule has 0 aliphatic heterocycles. The Balaban J connectivity index is 2.07. The first-order valence-electron chi connectivity index (χ1n) is 9.38. The number of halogens is 2. The molecule has 0 radical (unpaired) electrons. The van der Waals surface area contributed by atoms with Gasteiger partial charge in [0.1, 0.15) is 11.6 Å². The molecular formula is C21H27F2N3O2S. The molecule has 158 valence electrons. The van der Waals surface area contributed by atoms with Crippen LogP contribution < -0.4 is 10.6 Å². The van der Waals surface area contributed by atoms with Gasteiger partial charge in [0, 0.05) is 31.3 Å². The van der Waals surface area contributed by atoms with Crippen molar-refractivity contribution in [2.75, 3.05) is 19.3 Å². The molecule has 2 aromatic rings. The summed E-state index contributed by atoms with van der Waals surface area (Å²) in [6, 6.07) is 8.72. The van der Waals surface area contributed by atoms with Gasteiger partial charge < -0.3 is 10.6 Å². The summed E-state index contributed by atoms with van der Waals surface area (Å²) < 4.78 is 50.5. The minimum atomic E-state index is -3.26. The Hall–Kier alpha value is -2.48. The minimum Gasteiger partial charge on any atom is -0.357 e. The van der Waals surface area contributed by atoms with Gasteiger partial charge in [0.05, 0.1) is 11.4 Å². The molecule has 8 heteroatoms. The van der Waals surface area contributed by atoms with Gasteiger partial charge in [-0.3, -0.25) is 0 Å². The van der Waals surface area contributed by atoms with Crippen LogP contribution in [0.3, 0.4) is 0 Å². The van der Waals surface area contributed by atoms with Crippen LogP contribution in [0.2, 0.25) is 0 Å². The zero-order chi connectivity index (χ0) is 21.6. The van der Waals surface area contributed by atoms with E-state index in [1.807, 2.05) is 13.8 Å². The van der Waals surface area contributed by atoms with Crippen LogP contribution in [0, 0.1) is 18.6 Å². The van der Waals surface area contributed by atoms with Crippen LogP contribution in [0.15, 0.2) is 46.3 Å². The van der Waals surface area contributed by atoms with Crippen LogP contribution in [0.1, 0.15) is 36.5 Å². The second-order valence-electron chi connectivity index (χ2n) is 7.01. The molecule has 2 aromatic carbocycles. The van der Waals surface area contributed by atoms with Gasteiger partial charge in [0.25, 0.3) is 0 Å². The maximum absolute atomic E-state index is 13.9. The molecule has 0 aromatic heterocycles. The fourth-order valence-corrected chi connectivity index (χ4v) is 3.96.